The number of ether oxygens (including phenoxy) is 1. The van der Waals surface area contributed by atoms with Crippen molar-refractivity contribution in [2.75, 3.05) is 56.2 Å². The molecule has 1 saturated heterocycles. The molecule has 236 valence electrons. The number of aromatic nitrogens is 4. The molecule has 0 aliphatic carbocycles. The third kappa shape index (κ3) is 7.05. The summed E-state index contributed by atoms with van der Waals surface area (Å²) in [4.78, 5) is 39.8. The lowest BCUT2D eigenvalue weighted by molar-refractivity contribution is -0.136. The minimum Gasteiger partial charge on any atom is -0.375 e. The second kappa shape index (κ2) is 14.3. The van der Waals surface area contributed by atoms with E-state index in [0.717, 1.165) is 0 Å². The van der Waals surface area contributed by atoms with Crippen LogP contribution in [0.1, 0.15) is 24.2 Å². The van der Waals surface area contributed by atoms with Gasteiger partial charge in [0, 0.05) is 61.7 Å². The first-order valence-electron chi connectivity index (χ1n) is 14.2. The van der Waals surface area contributed by atoms with Crippen LogP contribution in [0.3, 0.4) is 0 Å². The van der Waals surface area contributed by atoms with Gasteiger partial charge < -0.3 is 19.9 Å². The zero-order chi connectivity index (χ0) is 32.8. The number of anilines is 2. The Balaban J connectivity index is 1.34. The molecule has 1 atom stereocenters. The number of carbonyl (C=O) groups is 1. The number of hydrogen-bond donors (Lipinski definition) is 1. The van der Waals surface area contributed by atoms with Crippen LogP contribution in [-0.4, -0.2) is 76.7 Å². The lowest BCUT2D eigenvalue weighted by Crippen LogP contribution is -2.50. The normalized spacial score (nSPS) is 13.7. The molecule has 0 spiro atoms. The number of nitrogens with zero attached hydrogens (tertiary/aromatic N) is 10. The molecule has 0 saturated carbocycles. The van der Waals surface area contributed by atoms with Crippen molar-refractivity contribution in [1.29, 1.82) is 0 Å². The van der Waals surface area contributed by atoms with Gasteiger partial charge in [0.2, 0.25) is 11.9 Å². The van der Waals surface area contributed by atoms with Crippen molar-refractivity contribution in [3.8, 4) is 11.3 Å². The fourth-order valence-electron chi connectivity index (χ4n) is 4.99. The van der Waals surface area contributed by atoms with E-state index in [1.807, 2.05) is 4.90 Å². The van der Waals surface area contributed by atoms with E-state index in [9.17, 15) is 9.18 Å². The van der Waals surface area contributed by atoms with E-state index in [0.29, 0.717) is 49.1 Å². The molecule has 3 aromatic heterocycles. The van der Waals surface area contributed by atoms with Crippen LogP contribution in [0.4, 0.5) is 26.1 Å². The van der Waals surface area contributed by atoms with Crippen LogP contribution in [0.15, 0.2) is 41.8 Å². The van der Waals surface area contributed by atoms with Gasteiger partial charge in [0.25, 0.3) is 0 Å². The number of piperazine rings is 1. The highest BCUT2D eigenvalue weighted by atomic mass is 35.5. The van der Waals surface area contributed by atoms with Crippen LogP contribution in [0.2, 0.25) is 5.02 Å². The summed E-state index contributed by atoms with van der Waals surface area (Å²) < 4.78 is 35.3. The maximum atomic E-state index is 15.4. The Morgan fingerprint density at radius 1 is 1.17 bits per heavy atom. The topological polar surface area (TPSA) is 149 Å². The lowest BCUT2D eigenvalue weighted by Gasteiger charge is -2.34. The largest absolute Gasteiger partial charge is 0.375 e. The number of aryl methyl sites for hydroxylation is 1. The van der Waals surface area contributed by atoms with Gasteiger partial charge in [-0.2, -0.15) is 0 Å². The van der Waals surface area contributed by atoms with Gasteiger partial charge in [0.05, 0.1) is 41.1 Å². The standard InChI is InChI=1S/C30H28ClF2N11O2/c1-17(21-12-20(35-3)4-5-22(21)32)40-29-26(31)18(2)39-24-13-23(33)27(41-28(24)29)19-14-36-30(37-15-19)44-9-7-43(8-10-44)25(45)16-46-11-6-38-42-34/h4-5,12-15,17H,6-11,16H2,1-2H3,(H,39,40)/t17-/m1/s1. The molecule has 1 aliphatic heterocycles. The second-order valence-electron chi connectivity index (χ2n) is 10.4. The average molecular weight is 648 g/mol. The van der Waals surface area contributed by atoms with Gasteiger partial charge >= 0.3 is 0 Å². The molecule has 46 heavy (non-hydrogen) atoms. The van der Waals surface area contributed by atoms with Crippen LogP contribution in [0.5, 0.6) is 0 Å². The van der Waals surface area contributed by atoms with E-state index in [1.165, 1.54) is 36.7 Å². The number of nitrogens with one attached hydrogen (secondary N) is 1. The summed E-state index contributed by atoms with van der Waals surface area (Å²) in [7, 11) is 0. The Morgan fingerprint density at radius 2 is 1.91 bits per heavy atom. The van der Waals surface area contributed by atoms with E-state index in [1.54, 1.807) is 18.7 Å². The molecule has 0 radical (unpaired) electrons. The molecule has 16 heteroatoms. The number of rotatable bonds is 10. The van der Waals surface area contributed by atoms with Gasteiger partial charge in [0.15, 0.2) is 11.5 Å². The van der Waals surface area contributed by atoms with Crippen molar-refractivity contribution in [2.45, 2.75) is 19.9 Å². The van der Waals surface area contributed by atoms with E-state index in [4.69, 9.17) is 28.4 Å². The Bertz CT molecular complexity index is 1860. The van der Waals surface area contributed by atoms with Crippen molar-refractivity contribution in [1.82, 2.24) is 24.8 Å². The van der Waals surface area contributed by atoms with Crippen LogP contribution in [-0.2, 0) is 9.53 Å². The van der Waals surface area contributed by atoms with Gasteiger partial charge in [-0.3, -0.25) is 4.79 Å². The monoisotopic (exact) mass is 647 g/mol. The fourth-order valence-corrected chi connectivity index (χ4v) is 5.17. The lowest BCUT2D eigenvalue weighted by atomic mass is 10.1. The second-order valence-corrected chi connectivity index (χ2v) is 10.8. The predicted molar refractivity (Wildman–Crippen MR) is 169 cm³/mol. The van der Waals surface area contributed by atoms with Gasteiger partial charge in [0.1, 0.15) is 23.6 Å². The predicted octanol–water partition coefficient (Wildman–Crippen LogP) is 6.03. The summed E-state index contributed by atoms with van der Waals surface area (Å²) in [6, 6.07) is 4.74. The molecule has 1 aromatic carbocycles. The maximum absolute atomic E-state index is 15.4. The van der Waals surface area contributed by atoms with Crippen LogP contribution in [0.25, 0.3) is 37.6 Å². The molecule has 0 bridgehead atoms. The molecule has 5 rings (SSSR count). The summed E-state index contributed by atoms with van der Waals surface area (Å²) in [5.74, 6) is -0.870. The number of halogens is 3. The average Bonchev–Trinajstić information content (AvgIpc) is 3.07. The highest BCUT2D eigenvalue weighted by Crippen LogP contribution is 2.37. The van der Waals surface area contributed by atoms with Gasteiger partial charge in [-0.05, 0) is 37.1 Å². The van der Waals surface area contributed by atoms with Crippen molar-refractivity contribution in [3.05, 3.63) is 86.4 Å². The van der Waals surface area contributed by atoms with Gasteiger partial charge in [-0.1, -0.05) is 22.8 Å². The summed E-state index contributed by atoms with van der Waals surface area (Å²) in [6.45, 7) is 12.8. The molecular formula is C30H28ClF2N11O2. The van der Waals surface area contributed by atoms with E-state index >= 15 is 4.39 Å². The first kappa shape index (κ1) is 32.2. The van der Waals surface area contributed by atoms with Crippen molar-refractivity contribution < 1.29 is 18.3 Å². The third-order valence-corrected chi connectivity index (χ3v) is 7.87. The summed E-state index contributed by atoms with van der Waals surface area (Å²) in [6.07, 6.45) is 2.94. The Labute approximate surface area is 267 Å². The molecular weight excluding hydrogens is 620 g/mol. The zero-order valence-electron chi connectivity index (χ0n) is 24.9. The number of amides is 1. The maximum Gasteiger partial charge on any atom is 0.248 e. The number of benzene rings is 1. The number of carbonyl (C=O) groups excluding carboxylic acids is 1. The van der Waals surface area contributed by atoms with Crippen molar-refractivity contribution in [2.24, 2.45) is 5.11 Å². The van der Waals surface area contributed by atoms with Crippen molar-refractivity contribution >= 4 is 45.9 Å². The SMILES string of the molecule is [C-]#[N+]c1ccc(F)c([C@@H](C)Nc2c(Cl)c(C)nc3cc(F)c(-c4cnc(N5CCN(C(=O)COCCN=[N+]=[N-])CC5)nc4)nc23)c1. The van der Waals surface area contributed by atoms with E-state index in [2.05, 4.69) is 40.1 Å². The molecule has 1 amide bonds. The minimum atomic E-state index is -0.637. The molecule has 13 nitrogen and oxygen atoms in total. The molecule has 1 aliphatic rings. The Morgan fingerprint density at radius 3 is 2.61 bits per heavy atom. The van der Waals surface area contributed by atoms with Crippen LogP contribution < -0.4 is 10.2 Å². The first-order valence-corrected chi connectivity index (χ1v) is 14.6. The quantitative estimate of drug-likeness (QED) is 0.0721. The smallest absolute Gasteiger partial charge is 0.248 e. The number of hydrogen-bond acceptors (Lipinski definition) is 9. The van der Waals surface area contributed by atoms with Crippen molar-refractivity contribution in [3.63, 3.8) is 0 Å². The third-order valence-electron chi connectivity index (χ3n) is 7.41. The summed E-state index contributed by atoms with van der Waals surface area (Å²) >= 11 is 6.64. The van der Waals surface area contributed by atoms with E-state index < -0.39 is 17.7 Å². The molecule has 0 unspecified atom stereocenters. The summed E-state index contributed by atoms with van der Waals surface area (Å²) in [5.41, 5.74) is 10.4. The number of azide groups is 1. The van der Waals surface area contributed by atoms with E-state index in [-0.39, 0.29) is 58.7 Å². The molecule has 4 heterocycles. The highest BCUT2D eigenvalue weighted by Gasteiger charge is 2.24. The Kier molecular flexibility index (Phi) is 10.0. The Hall–Kier alpha value is -5.16. The van der Waals surface area contributed by atoms with Gasteiger partial charge in [-0.25, -0.2) is 33.6 Å². The van der Waals surface area contributed by atoms with Crippen LogP contribution in [0, 0.1) is 25.1 Å². The summed E-state index contributed by atoms with van der Waals surface area (Å²) in [5, 5.41) is 6.80. The first-order chi connectivity index (χ1) is 22.2. The molecule has 1 N–H and O–H groups in total. The zero-order valence-corrected chi connectivity index (χ0v) is 25.7. The molecule has 1 fully saturated rings. The van der Waals surface area contributed by atoms with Gasteiger partial charge in [-0.15, -0.1) is 0 Å². The minimum absolute atomic E-state index is 0.0199. The number of fused-ring (bicyclic) bond motifs is 1. The number of pyridine rings is 2. The van der Waals surface area contributed by atoms with Crippen LogP contribution >= 0.6 is 11.6 Å². The fraction of sp³-hybridized carbons (Fsp3) is 0.333. The highest BCUT2D eigenvalue weighted by molar-refractivity contribution is 6.35. The molecule has 4 aromatic rings.